The zero-order chi connectivity index (χ0) is 12.6. The molecule has 2 aromatic heterocycles. The van der Waals surface area contributed by atoms with Gasteiger partial charge in [-0.1, -0.05) is 6.07 Å². The molecule has 2 rings (SSSR count). The fourth-order valence-electron chi connectivity index (χ4n) is 1.67. The Hall–Kier alpha value is -0.680. The van der Waals surface area contributed by atoms with E-state index in [4.69, 9.17) is 4.74 Å². The minimum Gasteiger partial charge on any atom is -0.380 e. The van der Waals surface area contributed by atoms with Gasteiger partial charge in [0.1, 0.15) is 0 Å². The summed E-state index contributed by atoms with van der Waals surface area (Å²) in [5.41, 5.74) is 0. The van der Waals surface area contributed by atoms with E-state index in [1.54, 1.807) is 11.3 Å². The molecule has 0 fully saturated rings. The van der Waals surface area contributed by atoms with Crippen LogP contribution in [-0.2, 0) is 17.7 Å². The summed E-state index contributed by atoms with van der Waals surface area (Å²) >= 11 is 3.65. The summed E-state index contributed by atoms with van der Waals surface area (Å²) in [6.07, 6.45) is 1.03. The van der Waals surface area contributed by atoms with Crippen LogP contribution in [-0.4, -0.2) is 19.8 Å². The molecule has 0 aliphatic heterocycles. The summed E-state index contributed by atoms with van der Waals surface area (Å²) in [5, 5.41) is 5.51. The van der Waals surface area contributed by atoms with E-state index in [9.17, 15) is 0 Å². The van der Waals surface area contributed by atoms with Crippen molar-refractivity contribution < 1.29 is 4.74 Å². The fourth-order valence-corrected chi connectivity index (χ4v) is 3.22. The molecular formula is C14H19NOS2. The van der Waals surface area contributed by atoms with Gasteiger partial charge >= 0.3 is 0 Å². The molecule has 0 aliphatic carbocycles. The molecule has 0 radical (unpaired) electrons. The lowest BCUT2D eigenvalue weighted by Gasteiger charge is -2.04. The Morgan fingerprint density at radius 1 is 1.17 bits per heavy atom. The number of nitrogens with one attached hydrogen (secondary N) is 1. The van der Waals surface area contributed by atoms with Crippen molar-refractivity contribution >= 4 is 22.7 Å². The molecule has 0 saturated carbocycles. The number of thiophene rings is 2. The molecule has 0 spiro atoms. The summed E-state index contributed by atoms with van der Waals surface area (Å²) in [4.78, 5) is 4.17. The number of ether oxygens (including phenoxy) is 1. The first-order valence-corrected chi connectivity index (χ1v) is 7.90. The molecule has 0 atom stereocenters. The molecule has 18 heavy (non-hydrogen) atoms. The van der Waals surface area contributed by atoms with Crippen LogP contribution >= 0.6 is 22.7 Å². The third-order valence-corrected chi connectivity index (χ3v) is 4.53. The van der Waals surface area contributed by atoms with E-state index in [1.807, 2.05) is 11.3 Å². The second-order valence-corrected chi connectivity index (χ2v) is 6.54. The van der Waals surface area contributed by atoms with E-state index in [1.165, 1.54) is 14.6 Å². The standard InChI is InChI=1S/C14H19NOS2/c1-12-4-5-14(18-12)11-15-7-9-16-8-6-13-3-2-10-17-13/h2-5,10,15H,6-9,11H2,1H3. The van der Waals surface area contributed by atoms with Crippen LogP contribution in [0.4, 0.5) is 0 Å². The molecule has 0 aromatic carbocycles. The lowest BCUT2D eigenvalue weighted by molar-refractivity contribution is 0.139. The highest BCUT2D eigenvalue weighted by Gasteiger charge is 1.96. The molecule has 0 unspecified atom stereocenters. The highest BCUT2D eigenvalue weighted by atomic mass is 32.1. The maximum absolute atomic E-state index is 5.60. The van der Waals surface area contributed by atoms with Gasteiger partial charge in [0.05, 0.1) is 13.2 Å². The Morgan fingerprint density at radius 3 is 2.83 bits per heavy atom. The van der Waals surface area contributed by atoms with Crippen LogP contribution < -0.4 is 5.32 Å². The summed E-state index contributed by atoms with van der Waals surface area (Å²) in [6.45, 7) is 5.62. The van der Waals surface area contributed by atoms with Crippen LogP contribution in [0.2, 0.25) is 0 Å². The topological polar surface area (TPSA) is 21.3 Å². The SMILES string of the molecule is Cc1ccc(CNCCOCCc2cccs2)s1. The van der Waals surface area contributed by atoms with Crippen molar-refractivity contribution in [1.82, 2.24) is 5.32 Å². The van der Waals surface area contributed by atoms with Gasteiger partial charge in [0.2, 0.25) is 0 Å². The monoisotopic (exact) mass is 281 g/mol. The third kappa shape index (κ3) is 4.90. The van der Waals surface area contributed by atoms with Crippen molar-refractivity contribution in [2.45, 2.75) is 19.9 Å². The smallest absolute Gasteiger partial charge is 0.0591 e. The van der Waals surface area contributed by atoms with E-state index in [-0.39, 0.29) is 0 Å². The summed E-state index contributed by atoms with van der Waals surface area (Å²) in [5.74, 6) is 0. The second-order valence-electron chi connectivity index (χ2n) is 4.13. The van der Waals surface area contributed by atoms with Gasteiger partial charge in [-0.2, -0.15) is 0 Å². The predicted octanol–water partition coefficient (Wildman–Crippen LogP) is 3.47. The summed E-state index contributed by atoms with van der Waals surface area (Å²) in [6, 6.07) is 8.60. The molecule has 4 heteroatoms. The first-order valence-electron chi connectivity index (χ1n) is 6.21. The number of hydrogen-bond donors (Lipinski definition) is 1. The first kappa shape index (κ1) is 13.7. The van der Waals surface area contributed by atoms with Crippen molar-refractivity contribution in [3.8, 4) is 0 Å². The molecule has 2 aromatic rings. The normalized spacial score (nSPS) is 10.9. The zero-order valence-corrected chi connectivity index (χ0v) is 12.3. The minimum absolute atomic E-state index is 0.787. The number of aryl methyl sites for hydroxylation is 1. The van der Waals surface area contributed by atoms with Crippen molar-refractivity contribution in [3.63, 3.8) is 0 Å². The highest BCUT2D eigenvalue weighted by molar-refractivity contribution is 7.11. The van der Waals surface area contributed by atoms with Gasteiger partial charge in [-0.05, 0) is 30.5 Å². The van der Waals surface area contributed by atoms with E-state index in [0.29, 0.717) is 0 Å². The van der Waals surface area contributed by atoms with Crippen LogP contribution in [0.25, 0.3) is 0 Å². The Bertz CT molecular complexity index is 436. The van der Waals surface area contributed by atoms with Gasteiger partial charge in [-0.15, -0.1) is 22.7 Å². The Morgan fingerprint density at radius 2 is 2.11 bits per heavy atom. The Kier molecular flexibility index (Phi) is 5.87. The van der Waals surface area contributed by atoms with Crippen molar-refractivity contribution in [2.24, 2.45) is 0 Å². The molecule has 98 valence electrons. The molecular weight excluding hydrogens is 262 g/mol. The van der Waals surface area contributed by atoms with E-state index in [2.05, 4.69) is 41.9 Å². The summed E-state index contributed by atoms with van der Waals surface area (Å²) < 4.78 is 5.60. The van der Waals surface area contributed by atoms with Crippen LogP contribution in [0.1, 0.15) is 14.6 Å². The lowest BCUT2D eigenvalue weighted by Crippen LogP contribution is -2.19. The van der Waals surface area contributed by atoms with Gasteiger partial charge in [0, 0.05) is 34.1 Å². The Balaban J connectivity index is 1.46. The Labute approximate surface area is 117 Å². The molecule has 0 bridgehead atoms. The van der Waals surface area contributed by atoms with E-state index >= 15 is 0 Å². The molecule has 1 N–H and O–H groups in total. The molecule has 0 amide bonds. The highest BCUT2D eigenvalue weighted by Crippen LogP contribution is 2.14. The average molecular weight is 281 g/mol. The largest absolute Gasteiger partial charge is 0.380 e. The van der Waals surface area contributed by atoms with Gasteiger partial charge in [-0.3, -0.25) is 0 Å². The fraction of sp³-hybridized carbons (Fsp3) is 0.429. The van der Waals surface area contributed by atoms with Gasteiger partial charge in [0.25, 0.3) is 0 Å². The van der Waals surface area contributed by atoms with Gasteiger partial charge in [0.15, 0.2) is 0 Å². The minimum atomic E-state index is 0.787. The second kappa shape index (κ2) is 7.69. The van der Waals surface area contributed by atoms with Crippen LogP contribution in [0.15, 0.2) is 29.6 Å². The maximum atomic E-state index is 5.60. The van der Waals surface area contributed by atoms with Crippen LogP contribution in [0, 0.1) is 6.92 Å². The third-order valence-electron chi connectivity index (χ3n) is 2.59. The lowest BCUT2D eigenvalue weighted by atomic mass is 10.4. The quantitative estimate of drug-likeness (QED) is 0.748. The molecule has 2 heterocycles. The van der Waals surface area contributed by atoms with Crippen molar-refractivity contribution in [2.75, 3.05) is 19.8 Å². The molecule has 0 aliphatic rings. The first-order chi connectivity index (χ1) is 8.84. The number of rotatable bonds is 8. The zero-order valence-electron chi connectivity index (χ0n) is 10.6. The van der Waals surface area contributed by atoms with Gasteiger partial charge < -0.3 is 10.1 Å². The summed E-state index contributed by atoms with van der Waals surface area (Å²) in [7, 11) is 0. The van der Waals surface area contributed by atoms with Gasteiger partial charge in [-0.25, -0.2) is 0 Å². The molecule has 2 nitrogen and oxygen atoms in total. The van der Waals surface area contributed by atoms with Crippen LogP contribution in [0.3, 0.4) is 0 Å². The van der Waals surface area contributed by atoms with Crippen LogP contribution in [0.5, 0.6) is 0 Å². The number of hydrogen-bond acceptors (Lipinski definition) is 4. The maximum Gasteiger partial charge on any atom is 0.0591 e. The van der Waals surface area contributed by atoms with Crippen molar-refractivity contribution in [3.05, 3.63) is 44.3 Å². The van der Waals surface area contributed by atoms with Crippen molar-refractivity contribution in [1.29, 1.82) is 0 Å². The van der Waals surface area contributed by atoms with E-state index in [0.717, 1.165) is 32.7 Å². The van der Waals surface area contributed by atoms with E-state index < -0.39 is 0 Å². The average Bonchev–Trinajstić information content (AvgIpc) is 3.00. The molecule has 0 saturated heterocycles. The predicted molar refractivity (Wildman–Crippen MR) is 79.6 cm³/mol.